The van der Waals surface area contributed by atoms with Crippen LogP contribution in [0.4, 0.5) is 0 Å². The molecule has 0 radical (unpaired) electrons. The SMILES string of the molecule is Brc1cncc2n[se]nc12. The standard InChI is InChI=1S/C5H2BrN3Se/c6-3-1-7-2-4-5(3)9-10-8-4/h1-2H. The number of fused-ring (bicyclic) bond motifs is 1. The first kappa shape index (κ1) is 6.46. The van der Waals surface area contributed by atoms with E-state index in [-0.39, 0.29) is 15.0 Å². The minimum absolute atomic E-state index is 0.0495. The molecular weight excluding hydrogens is 261 g/mol. The van der Waals surface area contributed by atoms with Gasteiger partial charge in [0, 0.05) is 0 Å². The van der Waals surface area contributed by atoms with Crippen molar-refractivity contribution in [2.45, 2.75) is 0 Å². The monoisotopic (exact) mass is 263 g/mol. The molecule has 0 N–H and O–H groups in total. The van der Waals surface area contributed by atoms with Crippen molar-refractivity contribution in [2.24, 2.45) is 0 Å². The van der Waals surface area contributed by atoms with E-state index in [9.17, 15) is 0 Å². The molecule has 50 valence electrons. The van der Waals surface area contributed by atoms with Crippen molar-refractivity contribution in [1.82, 2.24) is 12.9 Å². The molecule has 5 heteroatoms. The molecule has 0 saturated heterocycles. The van der Waals surface area contributed by atoms with Crippen molar-refractivity contribution >= 4 is 41.9 Å². The molecule has 3 nitrogen and oxygen atoms in total. The molecule has 0 fully saturated rings. The fraction of sp³-hybridized carbons (Fsp3) is 0. The Morgan fingerprint density at radius 3 is 3.00 bits per heavy atom. The first-order chi connectivity index (χ1) is 4.88. The van der Waals surface area contributed by atoms with Gasteiger partial charge in [-0.3, -0.25) is 0 Å². The fourth-order valence-corrected chi connectivity index (χ4v) is 2.48. The summed E-state index contributed by atoms with van der Waals surface area (Å²) in [6, 6.07) is 0. The number of aromatic nitrogens is 3. The van der Waals surface area contributed by atoms with Gasteiger partial charge >= 0.3 is 71.7 Å². The predicted molar refractivity (Wildman–Crippen MR) is 42.0 cm³/mol. The van der Waals surface area contributed by atoms with Crippen LogP contribution in [0.5, 0.6) is 0 Å². The summed E-state index contributed by atoms with van der Waals surface area (Å²) in [6.07, 6.45) is 3.47. The van der Waals surface area contributed by atoms with Crippen LogP contribution in [-0.2, 0) is 0 Å². The van der Waals surface area contributed by atoms with Gasteiger partial charge in [-0.25, -0.2) is 0 Å². The van der Waals surface area contributed by atoms with E-state index in [1.807, 2.05) is 0 Å². The molecule has 0 aromatic carbocycles. The van der Waals surface area contributed by atoms with Crippen molar-refractivity contribution in [3.8, 4) is 0 Å². The van der Waals surface area contributed by atoms with Gasteiger partial charge in [0.1, 0.15) is 0 Å². The third-order valence-corrected chi connectivity index (χ3v) is 2.84. The topological polar surface area (TPSA) is 38.7 Å². The third-order valence-electron chi connectivity index (χ3n) is 1.12. The quantitative estimate of drug-likeness (QED) is 0.661. The minimum atomic E-state index is 0.0495. The van der Waals surface area contributed by atoms with Gasteiger partial charge in [-0.05, 0) is 0 Å². The van der Waals surface area contributed by atoms with Crippen LogP contribution < -0.4 is 0 Å². The number of hydrogen-bond donors (Lipinski definition) is 0. The van der Waals surface area contributed by atoms with Crippen LogP contribution in [-0.4, -0.2) is 27.9 Å². The summed E-state index contributed by atoms with van der Waals surface area (Å²) in [5, 5.41) is 0. The Morgan fingerprint density at radius 1 is 1.30 bits per heavy atom. The average molecular weight is 263 g/mol. The normalized spacial score (nSPS) is 10.5. The van der Waals surface area contributed by atoms with E-state index in [4.69, 9.17) is 0 Å². The zero-order chi connectivity index (χ0) is 6.97. The van der Waals surface area contributed by atoms with Gasteiger partial charge in [0.2, 0.25) is 0 Å². The van der Waals surface area contributed by atoms with Crippen molar-refractivity contribution in [3.63, 3.8) is 0 Å². The summed E-state index contributed by atoms with van der Waals surface area (Å²) in [6.45, 7) is 0. The zero-order valence-electron chi connectivity index (χ0n) is 4.78. The number of hydrogen-bond acceptors (Lipinski definition) is 3. The molecule has 0 unspecified atom stereocenters. The second-order valence-electron chi connectivity index (χ2n) is 1.75. The van der Waals surface area contributed by atoms with Crippen LogP contribution in [0.3, 0.4) is 0 Å². The molecular formula is C5H2BrN3Se. The van der Waals surface area contributed by atoms with E-state index in [1.54, 1.807) is 12.4 Å². The Balaban J connectivity index is 2.95. The summed E-state index contributed by atoms with van der Waals surface area (Å²) in [5.74, 6) is 0. The zero-order valence-corrected chi connectivity index (χ0v) is 8.08. The summed E-state index contributed by atoms with van der Waals surface area (Å²) < 4.78 is 9.31. The van der Waals surface area contributed by atoms with E-state index in [1.165, 1.54) is 0 Å². The molecule has 2 aromatic heterocycles. The maximum absolute atomic E-state index is 4.21. The van der Waals surface area contributed by atoms with Crippen molar-refractivity contribution in [3.05, 3.63) is 16.9 Å². The van der Waals surface area contributed by atoms with E-state index < -0.39 is 0 Å². The summed E-state index contributed by atoms with van der Waals surface area (Å²) in [7, 11) is 0. The van der Waals surface area contributed by atoms with Crippen LogP contribution in [0.15, 0.2) is 16.9 Å². The molecule has 0 aliphatic heterocycles. The molecule has 10 heavy (non-hydrogen) atoms. The molecule has 2 rings (SSSR count). The van der Waals surface area contributed by atoms with Crippen LogP contribution in [0.1, 0.15) is 0 Å². The van der Waals surface area contributed by atoms with Gasteiger partial charge < -0.3 is 0 Å². The first-order valence-corrected chi connectivity index (χ1v) is 4.92. The Kier molecular flexibility index (Phi) is 1.56. The molecule has 0 spiro atoms. The van der Waals surface area contributed by atoms with Crippen LogP contribution in [0.25, 0.3) is 11.0 Å². The molecule has 0 bridgehead atoms. The summed E-state index contributed by atoms with van der Waals surface area (Å²) >= 11 is 3.39. The van der Waals surface area contributed by atoms with Crippen molar-refractivity contribution in [1.29, 1.82) is 0 Å². The maximum atomic E-state index is 4.21. The predicted octanol–water partition coefficient (Wildman–Crippen LogP) is 0.844. The van der Waals surface area contributed by atoms with Crippen molar-refractivity contribution < 1.29 is 0 Å². The summed E-state index contributed by atoms with van der Waals surface area (Å²) in [4.78, 5) is 3.97. The first-order valence-electron chi connectivity index (χ1n) is 2.60. The molecule has 0 amide bonds. The average Bonchev–Trinajstić information content (AvgIpc) is 2.36. The number of rotatable bonds is 0. The Morgan fingerprint density at radius 2 is 2.20 bits per heavy atom. The number of pyridine rings is 1. The Bertz CT molecular complexity index is 358. The molecule has 0 saturated carbocycles. The van der Waals surface area contributed by atoms with Crippen LogP contribution >= 0.6 is 15.9 Å². The van der Waals surface area contributed by atoms with E-state index in [0.29, 0.717) is 0 Å². The fourth-order valence-electron chi connectivity index (χ4n) is 0.680. The van der Waals surface area contributed by atoms with Gasteiger partial charge in [0.25, 0.3) is 0 Å². The Labute approximate surface area is 71.8 Å². The van der Waals surface area contributed by atoms with Crippen molar-refractivity contribution in [2.75, 3.05) is 0 Å². The van der Waals surface area contributed by atoms with E-state index in [0.717, 1.165) is 15.5 Å². The number of halogens is 1. The molecule has 0 aliphatic carbocycles. The molecule has 0 aliphatic rings. The number of nitrogens with zero attached hydrogens (tertiary/aromatic N) is 3. The van der Waals surface area contributed by atoms with Gasteiger partial charge in [-0.2, -0.15) is 0 Å². The van der Waals surface area contributed by atoms with E-state index in [2.05, 4.69) is 28.9 Å². The molecule has 2 heterocycles. The van der Waals surface area contributed by atoms with Crippen LogP contribution in [0, 0.1) is 0 Å². The van der Waals surface area contributed by atoms with Gasteiger partial charge in [-0.1, -0.05) is 0 Å². The van der Waals surface area contributed by atoms with Crippen LogP contribution in [0.2, 0.25) is 0 Å². The third kappa shape index (κ3) is 0.905. The van der Waals surface area contributed by atoms with Gasteiger partial charge in [-0.15, -0.1) is 0 Å². The summed E-state index contributed by atoms with van der Waals surface area (Å²) in [5.41, 5.74) is 1.87. The molecule has 2 aromatic rings. The van der Waals surface area contributed by atoms with Gasteiger partial charge in [0.15, 0.2) is 0 Å². The molecule has 0 atom stereocenters. The Hall–Kier alpha value is -0.251. The second kappa shape index (κ2) is 2.42. The second-order valence-corrected chi connectivity index (χ2v) is 3.72. The van der Waals surface area contributed by atoms with E-state index >= 15 is 0 Å². The van der Waals surface area contributed by atoms with Gasteiger partial charge in [0.05, 0.1) is 0 Å².